The molecule has 1 unspecified atom stereocenters. The Balaban J connectivity index is 1.57. The molecule has 1 fully saturated rings. The van der Waals surface area contributed by atoms with Crippen LogP contribution in [0.5, 0.6) is 5.75 Å². The number of amides is 1. The summed E-state index contributed by atoms with van der Waals surface area (Å²) in [6, 6.07) is 28.6. The fourth-order valence-corrected chi connectivity index (χ4v) is 5.07. The number of fused-ring (bicyclic) bond motifs is 1. The summed E-state index contributed by atoms with van der Waals surface area (Å²) in [5.41, 5.74) is 5.31. The standard InChI is InChI=1S/C30H23N3O2/c31-17-19-11-13-22(14-12-19)26-29(34)24(21-9-5-2-6-10-21)25-27(32-26)28(23-15-16-23)33(30(25)35)18-20-7-3-1-4-8-20/h1-14,23,28,34H,15-16,18H2. The summed E-state index contributed by atoms with van der Waals surface area (Å²) < 4.78 is 0. The van der Waals surface area contributed by atoms with Gasteiger partial charge in [-0.2, -0.15) is 5.26 Å². The lowest BCUT2D eigenvalue weighted by Gasteiger charge is -2.25. The minimum Gasteiger partial charge on any atom is -0.505 e. The van der Waals surface area contributed by atoms with Crippen molar-refractivity contribution in [3.05, 3.63) is 107 Å². The van der Waals surface area contributed by atoms with Gasteiger partial charge in [-0.15, -0.1) is 0 Å². The molecule has 1 saturated carbocycles. The lowest BCUT2D eigenvalue weighted by atomic mass is 9.93. The number of benzene rings is 3. The molecule has 4 aromatic rings. The van der Waals surface area contributed by atoms with E-state index in [1.807, 2.05) is 65.6 Å². The van der Waals surface area contributed by atoms with Crippen molar-refractivity contribution in [3.63, 3.8) is 0 Å². The molecule has 1 atom stereocenters. The first-order valence-corrected chi connectivity index (χ1v) is 11.8. The molecule has 1 N–H and O–H groups in total. The fraction of sp³-hybridized carbons (Fsp3) is 0.167. The second kappa shape index (κ2) is 8.41. The van der Waals surface area contributed by atoms with Gasteiger partial charge >= 0.3 is 0 Å². The van der Waals surface area contributed by atoms with Gasteiger partial charge in [0.1, 0.15) is 5.69 Å². The first-order chi connectivity index (χ1) is 17.2. The number of hydrogen-bond donors (Lipinski definition) is 1. The Hall–Kier alpha value is -4.43. The van der Waals surface area contributed by atoms with Crippen LogP contribution in [0.15, 0.2) is 84.9 Å². The lowest BCUT2D eigenvalue weighted by molar-refractivity contribution is 0.0688. The van der Waals surface area contributed by atoms with Gasteiger partial charge in [0.2, 0.25) is 0 Å². The van der Waals surface area contributed by atoms with E-state index in [0.717, 1.165) is 29.7 Å². The Bertz CT molecular complexity index is 1450. The average molecular weight is 458 g/mol. The topological polar surface area (TPSA) is 77.2 Å². The number of carbonyl (C=O) groups is 1. The van der Waals surface area contributed by atoms with Gasteiger partial charge in [0.25, 0.3) is 5.91 Å². The fourth-order valence-electron chi connectivity index (χ4n) is 5.07. The maximum atomic E-state index is 14.0. The average Bonchev–Trinajstić information content (AvgIpc) is 3.71. The van der Waals surface area contributed by atoms with Gasteiger partial charge in [-0.25, -0.2) is 4.98 Å². The third-order valence-electron chi connectivity index (χ3n) is 6.90. The molecular formula is C30H23N3O2. The molecule has 1 aliphatic carbocycles. The number of hydrogen-bond acceptors (Lipinski definition) is 4. The van der Waals surface area contributed by atoms with E-state index in [1.165, 1.54) is 0 Å². The van der Waals surface area contributed by atoms with Gasteiger partial charge in [0.05, 0.1) is 28.9 Å². The van der Waals surface area contributed by atoms with Crippen LogP contribution >= 0.6 is 0 Å². The molecular weight excluding hydrogens is 434 g/mol. The van der Waals surface area contributed by atoms with E-state index in [9.17, 15) is 15.2 Å². The van der Waals surface area contributed by atoms with E-state index in [2.05, 4.69) is 6.07 Å². The van der Waals surface area contributed by atoms with Crippen molar-refractivity contribution in [1.29, 1.82) is 5.26 Å². The molecule has 0 spiro atoms. The maximum absolute atomic E-state index is 14.0. The first kappa shape index (κ1) is 21.1. The normalized spacial score (nSPS) is 16.7. The van der Waals surface area contributed by atoms with Crippen LogP contribution in [0.4, 0.5) is 0 Å². The molecule has 2 heterocycles. The van der Waals surface area contributed by atoms with Crippen molar-refractivity contribution in [3.8, 4) is 34.2 Å². The highest BCUT2D eigenvalue weighted by Gasteiger charge is 2.48. The summed E-state index contributed by atoms with van der Waals surface area (Å²) in [7, 11) is 0. The molecule has 35 heavy (non-hydrogen) atoms. The summed E-state index contributed by atoms with van der Waals surface area (Å²) in [5.74, 6) is 0.260. The summed E-state index contributed by atoms with van der Waals surface area (Å²) in [5, 5.41) is 20.7. The zero-order valence-electron chi connectivity index (χ0n) is 19.1. The van der Waals surface area contributed by atoms with E-state index in [1.54, 1.807) is 24.3 Å². The Morgan fingerprint density at radius 3 is 2.17 bits per heavy atom. The molecule has 1 aliphatic heterocycles. The molecule has 0 radical (unpaired) electrons. The van der Waals surface area contributed by atoms with Gasteiger partial charge < -0.3 is 10.0 Å². The van der Waals surface area contributed by atoms with Gasteiger partial charge in [0, 0.05) is 17.7 Å². The SMILES string of the molecule is N#Cc1ccc(-c2nc3c(c(-c4ccccc4)c2O)C(=O)N(Cc2ccccc2)C3C2CC2)cc1. The molecule has 5 heteroatoms. The Morgan fingerprint density at radius 2 is 1.54 bits per heavy atom. The summed E-state index contributed by atoms with van der Waals surface area (Å²) >= 11 is 0. The van der Waals surface area contributed by atoms with E-state index in [4.69, 9.17) is 4.98 Å². The number of nitriles is 1. The number of aromatic hydroxyl groups is 1. The van der Waals surface area contributed by atoms with Gasteiger partial charge in [0.15, 0.2) is 5.75 Å². The lowest BCUT2D eigenvalue weighted by Crippen LogP contribution is -2.28. The summed E-state index contributed by atoms with van der Waals surface area (Å²) in [6.07, 6.45) is 2.11. The monoisotopic (exact) mass is 457 g/mol. The van der Waals surface area contributed by atoms with E-state index >= 15 is 0 Å². The Labute approximate surface area is 203 Å². The molecule has 170 valence electrons. The molecule has 2 aliphatic rings. The molecule has 0 bridgehead atoms. The highest BCUT2D eigenvalue weighted by molar-refractivity contribution is 6.07. The second-order valence-corrected chi connectivity index (χ2v) is 9.20. The molecule has 3 aromatic carbocycles. The van der Waals surface area contributed by atoms with Crippen LogP contribution < -0.4 is 0 Å². The van der Waals surface area contributed by atoms with Crippen LogP contribution in [0.25, 0.3) is 22.4 Å². The Kier molecular flexibility index (Phi) is 5.08. The van der Waals surface area contributed by atoms with Crippen LogP contribution in [0.1, 0.15) is 46.1 Å². The minimum atomic E-state index is -0.127. The van der Waals surface area contributed by atoms with Crippen LogP contribution in [-0.2, 0) is 6.54 Å². The molecule has 6 rings (SSSR count). The smallest absolute Gasteiger partial charge is 0.257 e. The van der Waals surface area contributed by atoms with Crippen molar-refractivity contribution < 1.29 is 9.90 Å². The zero-order chi connectivity index (χ0) is 23.9. The third kappa shape index (κ3) is 3.64. The number of carbonyl (C=O) groups excluding carboxylic acids is 1. The van der Waals surface area contributed by atoms with Crippen LogP contribution in [0.2, 0.25) is 0 Å². The van der Waals surface area contributed by atoms with Crippen LogP contribution in [0.3, 0.4) is 0 Å². The van der Waals surface area contributed by atoms with E-state index < -0.39 is 0 Å². The number of rotatable bonds is 5. The largest absolute Gasteiger partial charge is 0.505 e. The summed E-state index contributed by atoms with van der Waals surface area (Å²) in [4.78, 5) is 20.8. The van der Waals surface area contributed by atoms with Crippen LogP contribution in [0, 0.1) is 17.2 Å². The highest BCUT2D eigenvalue weighted by atomic mass is 16.3. The predicted octanol–water partition coefficient (Wildman–Crippen LogP) is 6.10. The van der Waals surface area contributed by atoms with Crippen LogP contribution in [-0.4, -0.2) is 20.9 Å². The molecule has 0 saturated heterocycles. The first-order valence-electron chi connectivity index (χ1n) is 11.8. The maximum Gasteiger partial charge on any atom is 0.257 e. The molecule has 5 nitrogen and oxygen atoms in total. The highest BCUT2D eigenvalue weighted by Crippen LogP contribution is 2.53. The number of nitrogens with zero attached hydrogens (tertiary/aromatic N) is 3. The van der Waals surface area contributed by atoms with Gasteiger partial charge in [-0.3, -0.25) is 4.79 Å². The van der Waals surface area contributed by atoms with Crippen molar-refractivity contribution >= 4 is 5.91 Å². The third-order valence-corrected chi connectivity index (χ3v) is 6.90. The van der Waals surface area contributed by atoms with Crippen molar-refractivity contribution in [2.75, 3.05) is 0 Å². The van der Waals surface area contributed by atoms with Gasteiger partial charge in [-0.1, -0.05) is 72.8 Å². The Morgan fingerprint density at radius 1 is 0.886 bits per heavy atom. The summed E-state index contributed by atoms with van der Waals surface area (Å²) in [6.45, 7) is 0.498. The minimum absolute atomic E-state index is 0.0101. The molecule has 1 aromatic heterocycles. The zero-order valence-corrected chi connectivity index (χ0v) is 19.1. The number of pyridine rings is 1. The number of aromatic nitrogens is 1. The van der Waals surface area contributed by atoms with E-state index in [0.29, 0.717) is 40.4 Å². The van der Waals surface area contributed by atoms with Gasteiger partial charge in [-0.05, 0) is 42.0 Å². The van der Waals surface area contributed by atoms with E-state index in [-0.39, 0.29) is 17.7 Å². The van der Waals surface area contributed by atoms with Crippen molar-refractivity contribution in [2.24, 2.45) is 5.92 Å². The quantitative estimate of drug-likeness (QED) is 0.393. The van der Waals surface area contributed by atoms with Crippen molar-refractivity contribution in [2.45, 2.75) is 25.4 Å². The predicted molar refractivity (Wildman–Crippen MR) is 133 cm³/mol. The van der Waals surface area contributed by atoms with Crippen molar-refractivity contribution in [1.82, 2.24) is 9.88 Å². The second-order valence-electron chi connectivity index (χ2n) is 9.20. The molecule has 1 amide bonds.